The SMILES string of the molecule is O=C(OCc1ccn2nc(-c3ccc(F)cc3)c(-c3ccncc3)c2c1)C1SCCC1Br. The van der Waals surface area contributed by atoms with Crippen molar-refractivity contribution < 1.29 is 13.9 Å². The Labute approximate surface area is 197 Å². The minimum Gasteiger partial charge on any atom is -0.460 e. The van der Waals surface area contributed by atoms with Crippen LogP contribution >= 0.6 is 27.7 Å². The van der Waals surface area contributed by atoms with Gasteiger partial charge < -0.3 is 4.74 Å². The third kappa shape index (κ3) is 4.17. The minimum atomic E-state index is -0.293. The zero-order valence-electron chi connectivity index (χ0n) is 16.9. The first-order valence-electron chi connectivity index (χ1n) is 10.2. The highest BCUT2D eigenvalue weighted by molar-refractivity contribution is 9.09. The van der Waals surface area contributed by atoms with Crippen LogP contribution < -0.4 is 0 Å². The molecule has 4 heterocycles. The van der Waals surface area contributed by atoms with E-state index in [0.717, 1.165) is 45.6 Å². The molecule has 5 rings (SSSR count). The Morgan fingerprint density at radius 1 is 1.16 bits per heavy atom. The second-order valence-electron chi connectivity index (χ2n) is 7.53. The largest absolute Gasteiger partial charge is 0.460 e. The Kier molecular flexibility index (Phi) is 5.97. The molecule has 32 heavy (non-hydrogen) atoms. The highest BCUT2D eigenvalue weighted by Crippen LogP contribution is 2.36. The van der Waals surface area contributed by atoms with E-state index in [0.29, 0.717) is 0 Å². The summed E-state index contributed by atoms with van der Waals surface area (Å²) >= 11 is 5.20. The Bertz CT molecular complexity index is 1260. The van der Waals surface area contributed by atoms with E-state index in [9.17, 15) is 9.18 Å². The predicted molar refractivity (Wildman–Crippen MR) is 127 cm³/mol. The second-order valence-corrected chi connectivity index (χ2v) is 9.96. The number of carbonyl (C=O) groups excluding carboxylic acids is 1. The van der Waals surface area contributed by atoms with Gasteiger partial charge in [0.25, 0.3) is 0 Å². The number of rotatable bonds is 5. The van der Waals surface area contributed by atoms with Crippen molar-refractivity contribution in [3.05, 3.63) is 78.5 Å². The van der Waals surface area contributed by atoms with Crippen LogP contribution in [0.2, 0.25) is 0 Å². The number of hydrogen-bond donors (Lipinski definition) is 0. The molecule has 162 valence electrons. The Morgan fingerprint density at radius 3 is 2.66 bits per heavy atom. The smallest absolute Gasteiger partial charge is 0.320 e. The second kappa shape index (κ2) is 9.03. The topological polar surface area (TPSA) is 56.5 Å². The average Bonchev–Trinajstić information content (AvgIpc) is 3.41. The molecule has 5 nitrogen and oxygen atoms in total. The van der Waals surface area contributed by atoms with Gasteiger partial charge in [-0.05, 0) is 71.8 Å². The first-order valence-corrected chi connectivity index (χ1v) is 12.2. The van der Waals surface area contributed by atoms with Crippen molar-refractivity contribution >= 4 is 39.2 Å². The highest BCUT2D eigenvalue weighted by atomic mass is 79.9. The van der Waals surface area contributed by atoms with E-state index < -0.39 is 0 Å². The molecular formula is C24H19BrFN3O2S. The van der Waals surface area contributed by atoms with Crippen LogP contribution in [0.4, 0.5) is 4.39 Å². The molecule has 0 N–H and O–H groups in total. The summed E-state index contributed by atoms with van der Waals surface area (Å²) < 4.78 is 20.9. The Morgan fingerprint density at radius 2 is 1.94 bits per heavy atom. The van der Waals surface area contributed by atoms with Crippen molar-refractivity contribution in [1.82, 2.24) is 14.6 Å². The van der Waals surface area contributed by atoms with Gasteiger partial charge in [0.2, 0.25) is 0 Å². The molecule has 2 atom stereocenters. The molecule has 3 aromatic heterocycles. The van der Waals surface area contributed by atoms with E-state index in [1.807, 2.05) is 30.5 Å². The van der Waals surface area contributed by atoms with Gasteiger partial charge in [-0.25, -0.2) is 8.91 Å². The molecule has 0 aliphatic carbocycles. The standard InChI is InChI=1S/C24H19BrFN3O2S/c25-19-8-12-32-23(19)24(30)31-14-15-7-11-29-20(13-15)21(16-5-9-27-10-6-16)22(28-29)17-1-3-18(26)4-2-17/h1-7,9-11,13,19,23H,8,12,14H2. The number of benzene rings is 1. The first-order chi connectivity index (χ1) is 15.6. The van der Waals surface area contributed by atoms with E-state index in [2.05, 4.69) is 20.9 Å². The van der Waals surface area contributed by atoms with E-state index >= 15 is 0 Å². The van der Waals surface area contributed by atoms with Crippen molar-refractivity contribution in [3.8, 4) is 22.4 Å². The quantitative estimate of drug-likeness (QED) is 0.261. The number of aromatic nitrogens is 3. The molecule has 8 heteroatoms. The third-order valence-electron chi connectivity index (χ3n) is 5.42. The van der Waals surface area contributed by atoms with E-state index in [-0.39, 0.29) is 28.5 Å². The fourth-order valence-electron chi connectivity index (χ4n) is 3.81. The fourth-order valence-corrected chi connectivity index (χ4v) is 6.21. The lowest BCUT2D eigenvalue weighted by Gasteiger charge is -2.12. The van der Waals surface area contributed by atoms with Crippen molar-refractivity contribution in [2.24, 2.45) is 0 Å². The summed E-state index contributed by atoms with van der Waals surface area (Å²) in [5, 5.41) is 4.59. The number of nitrogens with zero attached hydrogens (tertiary/aromatic N) is 3. The third-order valence-corrected chi connectivity index (χ3v) is 8.11. The van der Waals surface area contributed by atoms with Crippen LogP contribution in [-0.4, -0.2) is 36.4 Å². The molecule has 4 aromatic rings. The maximum Gasteiger partial charge on any atom is 0.320 e. The van der Waals surface area contributed by atoms with Crippen LogP contribution in [0.5, 0.6) is 0 Å². The molecule has 1 fully saturated rings. The minimum absolute atomic E-state index is 0.161. The molecule has 0 radical (unpaired) electrons. The number of hydrogen-bond acceptors (Lipinski definition) is 5. The lowest BCUT2D eigenvalue weighted by atomic mass is 10.00. The van der Waals surface area contributed by atoms with Gasteiger partial charge in [0.05, 0.1) is 5.52 Å². The number of pyridine rings is 2. The summed E-state index contributed by atoms with van der Waals surface area (Å²) in [6, 6.07) is 14.0. The molecule has 1 aliphatic heterocycles. The van der Waals surface area contributed by atoms with Crippen LogP contribution in [0.3, 0.4) is 0 Å². The lowest BCUT2D eigenvalue weighted by Crippen LogP contribution is -2.24. The van der Waals surface area contributed by atoms with Gasteiger partial charge in [-0.1, -0.05) is 15.9 Å². The lowest BCUT2D eigenvalue weighted by molar-refractivity contribution is -0.144. The molecule has 2 unspecified atom stereocenters. The number of alkyl halides is 1. The van der Waals surface area contributed by atoms with Gasteiger partial charge in [0.15, 0.2) is 0 Å². The fraction of sp³-hybridized carbons (Fsp3) is 0.208. The summed E-state index contributed by atoms with van der Waals surface area (Å²) in [6.07, 6.45) is 6.28. The molecular weight excluding hydrogens is 493 g/mol. The Balaban J connectivity index is 1.52. The first kappa shape index (κ1) is 21.2. The maximum absolute atomic E-state index is 13.5. The molecule has 0 spiro atoms. The number of esters is 1. The number of thioether (sulfide) groups is 1. The zero-order chi connectivity index (χ0) is 22.1. The van der Waals surface area contributed by atoms with Crippen molar-refractivity contribution in [2.45, 2.75) is 23.1 Å². The van der Waals surface area contributed by atoms with Crippen LogP contribution in [0.15, 0.2) is 67.1 Å². The average molecular weight is 512 g/mol. The van der Waals surface area contributed by atoms with Crippen molar-refractivity contribution in [3.63, 3.8) is 0 Å². The normalized spacial score (nSPS) is 18.2. The number of ether oxygens (including phenoxy) is 1. The highest BCUT2D eigenvalue weighted by Gasteiger charge is 2.33. The van der Waals surface area contributed by atoms with E-state index in [1.54, 1.807) is 40.8 Å². The van der Waals surface area contributed by atoms with Gasteiger partial charge in [0, 0.05) is 34.5 Å². The number of fused-ring (bicyclic) bond motifs is 1. The zero-order valence-corrected chi connectivity index (χ0v) is 19.4. The van der Waals surface area contributed by atoms with Gasteiger partial charge in [-0.15, -0.1) is 11.8 Å². The van der Waals surface area contributed by atoms with Crippen LogP contribution in [-0.2, 0) is 16.1 Å². The molecule has 1 aliphatic rings. The van der Waals surface area contributed by atoms with Gasteiger partial charge >= 0.3 is 5.97 Å². The van der Waals surface area contributed by atoms with Crippen molar-refractivity contribution in [1.29, 1.82) is 0 Å². The summed E-state index contributed by atoms with van der Waals surface area (Å²) in [7, 11) is 0. The Hall–Kier alpha value is -2.71. The van der Waals surface area contributed by atoms with Gasteiger partial charge in [0.1, 0.15) is 23.4 Å². The summed E-state index contributed by atoms with van der Waals surface area (Å²) in [4.78, 5) is 16.7. The van der Waals surface area contributed by atoms with Crippen LogP contribution in [0.25, 0.3) is 27.9 Å². The monoisotopic (exact) mass is 511 g/mol. The summed E-state index contributed by atoms with van der Waals surface area (Å²) in [5.41, 5.74) is 5.18. The molecule has 1 saturated heterocycles. The van der Waals surface area contributed by atoms with E-state index in [1.165, 1.54) is 12.1 Å². The summed E-state index contributed by atoms with van der Waals surface area (Å²) in [6.45, 7) is 0.193. The molecule has 0 amide bonds. The van der Waals surface area contributed by atoms with Gasteiger partial charge in [-0.2, -0.15) is 5.10 Å². The van der Waals surface area contributed by atoms with Gasteiger partial charge in [-0.3, -0.25) is 9.78 Å². The summed E-state index contributed by atoms with van der Waals surface area (Å²) in [5.74, 6) is 0.473. The maximum atomic E-state index is 13.5. The predicted octanol–water partition coefficient (Wildman–Crippen LogP) is 5.51. The van der Waals surface area contributed by atoms with Crippen molar-refractivity contribution in [2.75, 3.05) is 5.75 Å². The molecule has 0 saturated carbocycles. The van der Waals surface area contributed by atoms with Crippen LogP contribution in [0.1, 0.15) is 12.0 Å². The number of carbonyl (C=O) groups is 1. The van der Waals surface area contributed by atoms with Crippen LogP contribution in [0, 0.1) is 5.82 Å². The molecule has 0 bridgehead atoms. The number of halogens is 2. The molecule has 1 aromatic carbocycles. The van der Waals surface area contributed by atoms with E-state index in [4.69, 9.17) is 9.84 Å².